The van der Waals surface area contributed by atoms with Crippen molar-refractivity contribution in [3.63, 3.8) is 0 Å². The molecule has 3 N–H and O–H groups in total. The molecule has 0 saturated heterocycles. The predicted octanol–water partition coefficient (Wildman–Crippen LogP) is 2.79. The maximum Gasteiger partial charge on any atom is 0.275 e. The fourth-order valence-electron chi connectivity index (χ4n) is 2.66. The van der Waals surface area contributed by atoms with E-state index >= 15 is 0 Å². The first-order chi connectivity index (χ1) is 11.6. The SMILES string of the molecule is CC(C)c1ccc(CCNC(=O)C[NH2+][C@@H](C)c2ccccc2)cc1. The van der Waals surface area contributed by atoms with Crippen LogP contribution in [0.1, 0.15) is 49.4 Å². The monoisotopic (exact) mass is 325 g/mol. The molecule has 2 aromatic rings. The second kappa shape index (κ2) is 9.24. The summed E-state index contributed by atoms with van der Waals surface area (Å²) in [6.07, 6.45) is 0.873. The highest BCUT2D eigenvalue weighted by Gasteiger charge is 2.10. The molecule has 0 fully saturated rings. The highest BCUT2D eigenvalue weighted by atomic mass is 16.1. The number of hydrogen-bond donors (Lipinski definition) is 2. The zero-order valence-electron chi connectivity index (χ0n) is 15.0. The molecular weight excluding hydrogens is 296 g/mol. The smallest absolute Gasteiger partial charge is 0.275 e. The summed E-state index contributed by atoms with van der Waals surface area (Å²) in [7, 11) is 0. The summed E-state index contributed by atoms with van der Waals surface area (Å²) in [6.45, 7) is 7.67. The summed E-state index contributed by atoms with van der Waals surface area (Å²) in [6, 6.07) is 19.2. The molecule has 3 nitrogen and oxygen atoms in total. The summed E-state index contributed by atoms with van der Waals surface area (Å²) in [5.74, 6) is 0.650. The van der Waals surface area contributed by atoms with E-state index in [4.69, 9.17) is 0 Å². The van der Waals surface area contributed by atoms with Crippen LogP contribution in [0.25, 0.3) is 0 Å². The zero-order valence-corrected chi connectivity index (χ0v) is 15.0. The van der Waals surface area contributed by atoms with Crippen molar-refractivity contribution in [3.8, 4) is 0 Å². The second-order valence-corrected chi connectivity index (χ2v) is 6.64. The van der Waals surface area contributed by atoms with E-state index in [0.29, 0.717) is 25.0 Å². The van der Waals surface area contributed by atoms with E-state index in [1.165, 1.54) is 16.7 Å². The Bertz CT molecular complexity index is 620. The van der Waals surface area contributed by atoms with Gasteiger partial charge in [0.1, 0.15) is 6.04 Å². The van der Waals surface area contributed by atoms with Gasteiger partial charge >= 0.3 is 0 Å². The molecule has 2 rings (SSSR count). The molecule has 2 aromatic carbocycles. The van der Waals surface area contributed by atoms with Gasteiger partial charge < -0.3 is 10.6 Å². The van der Waals surface area contributed by atoms with Crippen LogP contribution in [0.4, 0.5) is 0 Å². The Kier molecular flexibility index (Phi) is 7.01. The summed E-state index contributed by atoms with van der Waals surface area (Å²) in [4.78, 5) is 12.0. The molecule has 0 saturated carbocycles. The molecule has 0 radical (unpaired) electrons. The lowest BCUT2D eigenvalue weighted by Crippen LogP contribution is -2.87. The Labute approximate surface area is 145 Å². The number of carbonyl (C=O) groups excluding carboxylic acids is 1. The average Bonchev–Trinajstić information content (AvgIpc) is 2.61. The number of rotatable bonds is 8. The Morgan fingerprint density at radius 1 is 0.958 bits per heavy atom. The van der Waals surface area contributed by atoms with Gasteiger partial charge in [0.25, 0.3) is 5.91 Å². The molecule has 24 heavy (non-hydrogen) atoms. The molecule has 1 atom stereocenters. The van der Waals surface area contributed by atoms with Gasteiger partial charge in [0.2, 0.25) is 0 Å². The van der Waals surface area contributed by atoms with E-state index in [1.54, 1.807) is 0 Å². The van der Waals surface area contributed by atoms with E-state index in [0.717, 1.165) is 6.42 Å². The fourth-order valence-corrected chi connectivity index (χ4v) is 2.66. The van der Waals surface area contributed by atoms with Gasteiger partial charge in [0, 0.05) is 12.1 Å². The lowest BCUT2D eigenvalue weighted by molar-refractivity contribution is -0.682. The lowest BCUT2D eigenvalue weighted by atomic mass is 10.0. The fraction of sp³-hybridized carbons (Fsp3) is 0.381. The van der Waals surface area contributed by atoms with E-state index in [2.05, 4.69) is 67.8 Å². The predicted molar refractivity (Wildman–Crippen MR) is 98.9 cm³/mol. The first-order valence-electron chi connectivity index (χ1n) is 8.80. The molecule has 0 aromatic heterocycles. The number of hydrogen-bond acceptors (Lipinski definition) is 1. The number of amides is 1. The summed E-state index contributed by atoms with van der Waals surface area (Å²) >= 11 is 0. The molecule has 3 heteroatoms. The van der Waals surface area contributed by atoms with E-state index in [-0.39, 0.29) is 5.91 Å². The van der Waals surface area contributed by atoms with Gasteiger partial charge in [-0.15, -0.1) is 0 Å². The van der Waals surface area contributed by atoms with Gasteiger partial charge in [0.05, 0.1) is 0 Å². The van der Waals surface area contributed by atoms with Crippen molar-refractivity contribution >= 4 is 5.91 Å². The van der Waals surface area contributed by atoms with Gasteiger partial charge in [-0.25, -0.2) is 0 Å². The van der Waals surface area contributed by atoms with Gasteiger partial charge in [-0.1, -0.05) is 68.4 Å². The third-order valence-corrected chi connectivity index (χ3v) is 4.36. The summed E-state index contributed by atoms with van der Waals surface area (Å²) in [5.41, 5.74) is 3.86. The Hall–Kier alpha value is -2.13. The molecule has 0 aliphatic carbocycles. The van der Waals surface area contributed by atoms with Gasteiger partial charge in [0.15, 0.2) is 6.54 Å². The first-order valence-corrected chi connectivity index (χ1v) is 8.80. The minimum Gasteiger partial charge on any atom is -0.351 e. The van der Waals surface area contributed by atoms with Gasteiger partial charge in [-0.3, -0.25) is 4.79 Å². The van der Waals surface area contributed by atoms with E-state index < -0.39 is 0 Å². The summed E-state index contributed by atoms with van der Waals surface area (Å²) < 4.78 is 0. The first kappa shape index (κ1) is 18.2. The topological polar surface area (TPSA) is 45.7 Å². The zero-order chi connectivity index (χ0) is 17.4. The van der Waals surface area contributed by atoms with Crippen LogP contribution in [-0.2, 0) is 11.2 Å². The van der Waals surface area contributed by atoms with Crippen molar-refractivity contribution in [3.05, 3.63) is 71.3 Å². The van der Waals surface area contributed by atoms with Gasteiger partial charge in [-0.2, -0.15) is 0 Å². The Balaban J connectivity index is 1.68. The van der Waals surface area contributed by atoms with Crippen molar-refractivity contribution < 1.29 is 10.1 Å². The van der Waals surface area contributed by atoms with E-state index in [1.807, 2.05) is 18.2 Å². The van der Waals surface area contributed by atoms with Crippen LogP contribution in [0.2, 0.25) is 0 Å². The molecule has 0 aliphatic rings. The van der Waals surface area contributed by atoms with Crippen LogP contribution in [0.5, 0.6) is 0 Å². The molecule has 128 valence electrons. The van der Waals surface area contributed by atoms with E-state index in [9.17, 15) is 4.79 Å². The quantitative estimate of drug-likeness (QED) is 0.770. The maximum atomic E-state index is 12.0. The third-order valence-electron chi connectivity index (χ3n) is 4.36. The Morgan fingerprint density at radius 2 is 1.62 bits per heavy atom. The van der Waals surface area contributed by atoms with Crippen LogP contribution in [-0.4, -0.2) is 19.0 Å². The lowest BCUT2D eigenvalue weighted by Gasteiger charge is -2.11. The number of benzene rings is 2. The van der Waals surface area contributed by atoms with Crippen LogP contribution >= 0.6 is 0 Å². The molecule has 0 bridgehead atoms. The normalized spacial score (nSPS) is 12.2. The van der Waals surface area contributed by atoms with Crippen LogP contribution in [0.15, 0.2) is 54.6 Å². The number of nitrogens with one attached hydrogen (secondary N) is 1. The minimum absolute atomic E-state index is 0.0941. The standard InChI is InChI=1S/C21H28N2O/c1-16(2)19-11-9-18(10-12-19)13-14-22-21(24)15-23-17(3)20-7-5-4-6-8-20/h4-12,16-17,23H,13-15H2,1-3H3,(H,22,24)/p+1/t17-/m0/s1. The number of quaternary nitrogens is 1. The second-order valence-electron chi connectivity index (χ2n) is 6.64. The van der Waals surface area contributed by atoms with Gasteiger partial charge in [-0.05, 0) is 30.4 Å². The van der Waals surface area contributed by atoms with Crippen molar-refractivity contribution in [1.29, 1.82) is 0 Å². The van der Waals surface area contributed by atoms with Crippen LogP contribution in [0.3, 0.4) is 0 Å². The van der Waals surface area contributed by atoms with Crippen molar-refractivity contribution in [1.82, 2.24) is 5.32 Å². The van der Waals surface area contributed by atoms with Crippen molar-refractivity contribution in [2.24, 2.45) is 0 Å². The maximum absolute atomic E-state index is 12.0. The molecular formula is C21H29N2O+. The molecule has 0 unspecified atom stereocenters. The largest absolute Gasteiger partial charge is 0.351 e. The highest BCUT2D eigenvalue weighted by molar-refractivity contribution is 5.76. The highest BCUT2D eigenvalue weighted by Crippen LogP contribution is 2.14. The molecule has 0 heterocycles. The summed E-state index contributed by atoms with van der Waals surface area (Å²) in [5, 5.41) is 5.08. The molecule has 1 amide bonds. The molecule has 0 spiro atoms. The average molecular weight is 325 g/mol. The number of carbonyl (C=O) groups is 1. The Morgan fingerprint density at radius 3 is 2.25 bits per heavy atom. The number of nitrogens with two attached hydrogens (primary N) is 1. The van der Waals surface area contributed by atoms with Crippen LogP contribution in [0, 0.1) is 0 Å². The molecule has 0 aliphatic heterocycles. The van der Waals surface area contributed by atoms with Crippen molar-refractivity contribution in [2.75, 3.05) is 13.1 Å². The van der Waals surface area contributed by atoms with Crippen LogP contribution < -0.4 is 10.6 Å². The third kappa shape index (κ3) is 5.82. The minimum atomic E-state index is 0.0941. The van der Waals surface area contributed by atoms with Crippen molar-refractivity contribution in [2.45, 2.75) is 39.2 Å².